The summed E-state index contributed by atoms with van der Waals surface area (Å²) in [4.78, 5) is 11.1. The number of sulfonamides is 1. The second-order valence-electron chi connectivity index (χ2n) is 3.89. The summed E-state index contributed by atoms with van der Waals surface area (Å²) in [5.74, 6) is -0.190. The van der Waals surface area contributed by atoms with E-state index in [1.165, 1.54) is 23.4 Å². The molecule has 0 radical (unpaired) electrons. The summed E-state index contributed by atoms with van der Waals surface area (Å²) in [6, 6.07) is 6.15. The van der Waals surface area contributed by atoms with Crippen LogP contribution < -0.4 is 5.32 Å². The summed E-state index contributed by atoms with van der Waals surface area (Å²) in [7, 11) is -3.47. The van der Waals surface area contributed by atoms with Crippen molar-refractivity contribution in [3.8, 4) is 0 Å². The number of nitrogens with one attached hydrogen (secondary N) is 1. The fourth-order valence-corrected chi connectivity index (χ4v) is 3.72. The topological polar surface area (TPSA) is 66.5 Å². The molecular formula is C12H17BrN2O3S. The molecule has 0 aromatic heterocycles. The maximum Gasteiger partial charge on any atom is 0.243 e. The number of hydrogen-bond donors (Lipinski definition) is 1. The Morgan fingerprint density at radius 2 is 1.89 bits per heavy atom. The quantitative estimate of drug-likeness (QED) is 0.800. The molecule has 1 aromatic rings. The molecule has 0 atom stereocenters. The van der Waals surface area contributed by atoms with E-state index < -0.39 is 10.0 Å². The van der Waals surface area contributed by atoms with Gasteiger partial charge in [0.05, 0.1) is 4.90 Å². The van der Waals surface area contributed by atoms with Gasteiger partial charge in [0, 0.05) is 31.0 Å². The van der Waals surface area contributed by atoms with Crippen molar-refractivity contribution in [3.63, 3.8) is 0 Å². The molecule has 0 aliphatic heterocycles. The van der Waals surface area contributed by atoms with Crippen LogP contribution in [0.4, 0.5) is 5.69 Å². The lowest BCUT2D eigenvalue weighted by molar-refractivity contribution is -0.114. The van der Waals surface area contributed by atoms with Gasteiger partial charge >= 0.3 is 0 Å². The first-order valence-electron chi connectivity index (χ1n) is 5.85. The highest BCUT2D eigenvalue weighted by Crippen LogP contribution is 2.18. The SMILES string of the molecule is CCN(CCBr)S(=O)(=O)c1ccc(NC(C)=O)cc1. The number of carbonyl (C=O) groups excluding carboxylic acids is 1. The van der Waals surface area contributed by atoms with Crippen LogP contribution in [-0.2, 0) is 14.8 Å². The van der Waals surface area contributed by atoms with Gasteiger partial charge in [-0.05, 0) is 24.3 Å². The number of hydrogen-bond acceptors (Lipinski definition) is 3. The number of alkyl halides is 1. The van der Waals surface area contributed by atoms with Crippen LogP contribution in [0.1, 0.15) is 13.8 Å². The molecule has 19 heavy (non-hydrogen) atoms. The van der Waals surface area contributed by atoms with E-state index >= 15 is 0 Å². The van der Waals surface area contributed by atoms with Gasteiger partial charge < -0.3 is 5.32 Å². The monoisotopic (exact) mass is 348 g/mol. The predicted octanol–water partition coefficient (Wildman–Crippen LogP) is 2.05. The zero-order chi connectivity index (χ0) is 14.5. The van der Waals surface area contributed by atoms with E-state index in [1.807, 2.05) is 0 Å². The maximum absolute atomic E-state index is 12.3. The molecule has 1 rings (SSSR count). The second-order valence-corrected chi connectivity index (χ2v) is 6.62. The average Bonchev–Trinajstić information content (AvgIpc) is 2.35. The molecule has 0 aliphatic carbocycles. The van der Waals surface area contributed by atoms with Gasteiger partial charge in [-0.3, -0.25) is 4.79 Å². The van der Waals surface area contributed by atoms with Gasteiger partial charge in [0.15, 0.2) is 0 Å². The van der Waals surface area contributed by atoms with E-state index in [9.17, 15) is 13.2 Å². The summed E-state index contributed by atoms with van der Waals surface area (Å²) in [5.41, 5.74) is 0.579. The Morgan fingerprint density at radius 3 is 2.32 bits per heavy atom. The minimum absolute atomic E-state index is 0.190. The molecule has 1 N–H and O–H groups in total. The lowest BCUT2D eigenvalue weighted by Crippen LogP contribution is -2.32. The second kappa shape index (κ2) is 7.02. The van der Waals surface area contributed by atoms with Crippen molar-refractivity contribution in [3.05, 3.63) is 24.3 Å². The Balaban J connectivity index is 2.98. The summed E-state index contributed by atoms with van der Waals surface area (Å²) in [6.45, 7) is 4.04. The van der Waals surface area contributed by atoms with Crippen molar-refractivity contribution in [1.82, 2.24) is 4.31 Å². The zero-order valence-electron chi connectivity index (χ0n) is 10.9. The van der Waals surface area contributed by atoms with Crippen molar-refractivity contribution in [2.24, 2.45) is 0 Å². The molecule has 0 saturated heterocycles. The Hall–Kier alpha value is -0.920. The highest BCUT2D eigenvalue weighted by Gasteiger charge is 2.22. The van der Waals surface area contributed by atoms with Crippen LogP contribution in [0.15, 0.2) is 29.2 Å². The molecule has 0 heterocycles. The van der Waals surface area contributed by atoms with Gasteiger partial charge in [0.1, 0.15) is 0 Å². The summed E-state index contributed by atoms with van der Waals surface area (Å²) in [6.07, 6.45) is 0. The van der Waals surface area contributed by atoms with Crippen LogP contribution in [0.5, 0.6) is 0 Å². The lowest BCUT2D eigenvalue weighted by Gasteiger charge is -2.19. The number of anilines is 1. The van der Waals surface area contributed by atoms with Crippen molar-refractivity contribution >= 4 is 37.5 Å². The van der Waals surface area contributed by atoms with Crippen LogP contribution in [0.2, 0.25) is 0 Å². The van der Waals surface area contributed by atoms with Crippen LogP contribution in [0, 0.1) is 0 Å². The van der Waals surface area contributed by atoms with Gasteiger partial charge in [-0.15, -0.1) is 0 Å². The molecule has 0 fully saturated rings. The van der Waals surface area contributed by atoms with Gasteiger partial charge in [0.2, 0.25) is 15.9 Å². The van der Waals surface area contributed by atoms with E-state index in [-0.39, 0.29) is 10.8 Å². The largest absolute Gasteiger partial charge is 0.326 e. The number of halogens is 1. The normalized spacial score (nSPS) is 11.6. The molecule has 0 aliphatic rings. The number of benzene rings is 1. The first-order valence-corrected chi connectivity index (χ1v) is 8.41. The van der Waals surface area contributed by atoms with E-state index in [2.05, 4.69) is 21.2 Å². The molecule has 0 bridgehead atoms. The van der Waals surface area contributed by atoms with Gasteiger partial charge in [-0.25, -0.2) is 8.42 Å². The fourth-order valence-electron chi connectivity index (χ4n) is 1.61. The Morgan fingerprint density at radius 1 is 1.32 bits per heavy atom. The smallest absolute Gasteiger partial charge is 0.243 e. The number of rotatable bonds is 6. The maximum atomic E-state index is 12.3. The van der Waals surface area contributed by atoms with Crippen LogP contribution >= 0.6 is 15.9 Å². The Bertz CT molecular complexity index is 528. The molecular weight excluding hydrogens is 332 g/mol. The van der Waals surface area contributed by atoms with E-state index in [4.69, 9.17) is 0 Å². The molecule has 0 saturated carbocycles. The van der Waals surface area contributed by atoms with E-state index in [0.717, 1.165) is 0 Å². The number of nitrogens with zero attached hydrogens (tertiary/aromatic N) is 1. The lowest BCUT2D eigenvalue weighted by atomic mass is 10.3. The third-order valence-electron chi connectivity index (χ3n) is 2.50. The standard InChI is InChI=1S/C12H17BrN2O3S/c1-3-15(9-8-13)19(17,18)12-6-4-11(5-7-12)14-10(2)16/h4-7H,3,8-9H2,1-2H3,(H,14,16). The number of amides is 1. The molecule has 0 unspecified atom stereocenters. The van der Waals surface area contributed by atoms with Gasteiger partial charge in [0.25, 0.3) is 0 Å². The van der Waals surface area contributed by atoms with Gasteiger partial charge in [-0.2, -0.15) is 4.31 Å². The number of carbonyl (C=O) groups is 1. The molecule has 106 valence electrons. The van der Waals surface area contributed by atoms with Crippen molar-refractivity contribution in [2.45, 2.75) is 18.7 Å². The molecule has 5 nitrogen and oxygen atoms in total. The Labute approximate surface area is 122 Å². The predicted molar refractivity (Wildman–Crippen MR) is 79.0 cm³/mol. The van der Waals surface area contributed by atoms with Crippen molar-refractivity contribution in [1.29, 1.82) is 0 Å². The highest BCUT2D eigenvalue weighted by molar-refractivity contribution is 9.09. The highest BCUT2D eigenvalue weighted by atomic mass is 79.9. The minimum atomic E-state index is -3.47. The van der Waals surface area contributed by atoms with Crippen molar-refractivity contribution in [2.75, 3.05) is 23.7 Å². The van der Waals surface area contributed by atoms with E-state index in [1.54, 1.807) is 19.1 Å². The Kier molecular flexibility index (Phi) is 5.96. The van der Waals surface area contributed by atoms with Crippen molar-refractivity contribution < 1.29 is 13.2 Å². The van der Waals surface area contributed by atoms with Gasteiger partial charge in [-0.1, -0.05) is 22.9 Å². The minimum Gasteiger partial charge on any atom is -0.326 e. The molecule has 0 spiro atoms. The average molecular weight is 349 g/mol. The first kappa shape index (κ1) is 16.1. The molecule has 7 heteroatoms. The first-order chi connectivity index (χ1) is 8.91. The van der Waals surface area contributed by atoms with Crippen LogP contribution in [0.25, 0.3) is 0 Å². The molecule has 1 amide bonds. The van der Waals surface area contributed by atoms with Crippen LogP contribution in [-0.4, -0.2) is 37.0 Å². The summed E-state index contributed by atoms with van der Waals surface area (Å²) in [5, 5.41) is 3.18. The third-order valence-corrected chi connectivity index (χ3v) is 4.84. The third kappa shape index (κ3) is 4.29. The summed E-state index contributed by atoms with van der Waals surface area (Å²) >= 11 is 3.24. The fraction of sp³-hybridized carbons (Fsp3) is 0.417. The van der Waals surface area contributed by atoms with Crippen LogP contribution in [0.3, 0.4) is 0 Å². The summed E-state index contributed by atoms with van der Waals surface area (Å²) < 4.78 is 26.0. The molecule has 1 aromatic carbocycles. The van der Waals surface area contributed by atoms with E-state index in [0.29, 0.717) is 24.1 Å². The zero-order valence-corrected chi connectivity index (χ0v) is 13.3.